The predicted octanol–water partition coefficient (Wildman–Crippen LogP) is 6.66. The third-order valence-electron chi connectivity index (χ3n) is 3.88. The Kier molecular flexibility index (Phi) is 17.1. The predicted molar refractivity (Wildman–Crippen MR) is 96.2 cm³/mol. The van der Waals surface area contributed by atoms with Crippen LogP contribution in [0.4, 0.5) is 0 Å². The van der Waals surface area contributed by atoms with Gasteiger partial charge in [0.1, 0.15) is 0 Å². The minimum atomic E-state index is -0.727. The number of allylic oxidation sites excluding steroid dienone is 4. The average Bonchev–Trinajstić information content (AvgIpc) is 2.50. The van der Waals surface area contributed by atoms with E-state index in [-0.39, 0.29) is 6.42 Å². The molecule has 0 aromatic rings. The molecule has 0 spiro atoms. The molecule has 0 atom stereocenters. The highest BCUT2D eigenvalue weighted by molar-refractivity contribution is 5.66. The first kappa shape index (κ1) is 20.9. The summed E-state index contributed by atoms with van der Waals surface area (Å²) in [4.78, 5) is 10.3. The molecule has 0 aliphatic heterocycles. The van der Waals surface area contributed by atoms with Crippen molar-refractivity contribution < 1.29 is 9.90 Å². The van der Waals surface area contributed by atoms with Gasteiger partial charge >= 0.3 is 5.97 Å². The van der Waals surface area contributed by atoms with E-state index in [2.05, 4.69) is 13.0 Å². The van der Waals surface area contributed by atoms with E-state index in [9.17, 15) is 4.79 Å². The van der Waals surface area contributed by atoms with Crippen molar-refractivity contribution in [3.8, 4) is 0 Å². The number of carboxylic acid groups (broad SMARTS) is 1. The number of aliphatic carboxylic acids is 1. The molecular formula is C20H36O2. The van der Waals surface area contributed by atoms with Crippen LogP contribution in [-0.4, -0.2) is 11.1 Å². The molecule has 0 aromatic heterocycles. The largest absolute Gasteiger partial charge is 0.481 e. The Bertz CT molecular complexity index is 292. The topological polar surface area (TPSA) is 37.3 Å². The van der Waals surface area contributed by atoms with E-state index in [0.717, 1.165) is 6.42 Å². The van der Waals surface area contributed by atoms with Gasteiger partial charge in [0.2, 0.25) is 0 Å². The van der Waals surface area contributed by atoms with Crippen molar-refractivity contribution in [3.63, 3.8) is 0 Å². The minimum absolute atomic E-state index is 0.225. The van der Waals surface area contributed by atoms with Gasteiger partial charge in [-0.1, -0.05) is 95.4 Å². The van der Waals surface area contributed by atoms with Gasteiger partial charge in [-0.3, -0.25) is 4.79 Å². The van der Waals surface area contributed by atoms with E-state index < -0.39 is 5.97 Å². The molecule has 0 saturated carbocycles. The van der Waals surface area contributed by atoms with E-state index in [1.165, 1.54) is 70.6 Å². The lowest BCUT2D eigenvalue weighted by molar-refractivity contribution is -0.136. The van der Waals surface area contributed by atoms with Crippen LogP contribution >= 0.6 is 0 Å². The van der Waals surface area contributed by atoms with Crippen LogP contribution in [0.3, 0.4) is 0 Å². The Morgan fingerprint density at radius 3 is 1.68 bits per heavy atom. The first-order valence-corrected chi connectivity index (χ1v) is 9.30. The van der Waals surface area contributed by atoms with Gasteiger partial charge in [-0.05, 0) is 19.3 Å². The maximum atomic E-state index is 10.3. The zero-order valence-electron chi connectivity index (χ0n) is 14.6. The Morgan fingerprint density at radius 2 is 1.18 bits per heavy atom. The Morgan fingerprint density at radius 1 is 0.727 bits per heavy atom. The number of hydrogen-bond donors (Lipinski definition) is 1. The standard InChI is InChI=1S/C20H36O2/c1-2-3-4-5-6-7-8-9-10-11-12-13-14-15-16-17-18-19-20(21)22/h14-17H,2-13,18-19H2,1H3,(H,21,22). The van der Waals surface area contributed by atoms with E-state index >= 15 is 0 Å². The summed E-state index contributed by atoms with van der Waals surface area (Å²) >= 11 is 0. The molecule has 0 rings (SSSR count). The zero-order chi connectivity index (χ0) is 16.3. The van der Waals surface area contributed by atoms with E-state index in [4.69, 9.17) is 5.11 Å². The molecule has 0 radical (unpaired) electrons. The lowest BCUT2D eigenvalue weighted by Crippen LogP contribution is -1.91. The second-order valence-corrected chi connectivity index (χ2v) is 6.11. The Hall–Kier alpha value is -1.05. The van der Waals surface area contributed by atoms with Crippen molar-refractivity contribution in [1.29, 1.82) is 0 Å². The fourth-order valence-electron chi connectivity index (χ4n) is 2.48. The molecule has 0 saturated heterocycles. The third kappa shape index (κ3) is 18.9. The second kappa shape index (κ2) is 18.0. The van der Waals surface area contributed by atoms with Gasteiger partial charge in [-0.15, -0.1) is 0 Å². The summed E-state index contributed by atoms with van der Waals surface area (Å²) in [7, 11) is 0. The molecule has 0 aromatic carbocycles. The number of carbonyl (C=O) groups is 1. The molecule has 0 aliphatic carbocycles. The van der Waals surface area contributed by atoms with Crippen LogP contribution in [0.1, 0.15) is 96.8 Å². The van der Waals surface area contributed by atoms with Gasteiger partial charge in [-0.2, -0.15) is 0 Å². The van der Waals surface area contributed by atoms with Crippen LogP contribution in [0.15, 0.2) is 24.3 Å². The summed E-state index contributed by atoms with van der Waals surface area (Å²) in [5.41, 5.74) is 0. The molecular weight excluding hydrogens is 272 g/mol. The molecule has 2 heteroatoms. The molecule has 0 aliphatic rings. The highest BCUT2D eigenvalue weighted by Gasteiger charge is 1.92. The SMILES string of the molecule is CCCCCCCCCCCCCC=CC=CCCC(=O)O. The maximum absolute atomic E-state index is 10.3. The van der Waals surface area contributed by atoms with Crippen molar-refractivity contribution in [2.45, 2.75) is 96.8 Å². The average molecular weight is 309 g/mol. The van der Waals surface area contributed by atoms with Gasteiger partial charge in [0.15, 0.2) is 0 Å². The molecule has 2 nitrogen and oxygen atoms in total. The molecule has 1 N–H and O–H groups in total. The van der Waals surface area contributed by atoms with Crippen LogP contribution in [0.25, 0.3) is 0 Å². The molecule has 0 unspecified atom stereocenters. The van der Waals surface area contributed by atoms with Crippen LogP contribution in [0.2, 0.25) is 0 Å². The van der Waals surface area contributed by atoms with E-state index in [1.807, 2.05) is 18.2 Å². The van der Waals surface area contributed by atoms with Gasteiger partial charge in [0, 0.05) is 6.42 Å². The molecule has 0 fully saturated rings. The highest BCUT2D eigenvalue weighted by Crippen LogP contribution is 2.11. The smallest absolute Gasteiger partial charge is 0.303 e. The van der Waals surface area contributed by atoms with Crippen molar-refractivity contribution in [2.24, 2.45) is 0 Å². The summed E-state index contributed by atoms with van der Waals surface area (Å²) < 4.78 is 0. The summed E-state index contributed by atoms with van der Waals surface area (Å²) in [6, 6.07) is 0. The zero-order valence-corrected chi connectivity index (χ0v) is 14.6. The summed E-state index contributed by atoms with van der Waals surface area (Å²) in [5, 5.41) is 8.49. The van der Waals surface area contributed by atoms with Crippen LogP contribution in [0, 0.1) is 0 Å². The fourth-order valence-corrected chi connectivity index (χ4v) is 2.48. The van der Waals surface area contributed by atoms with Gasteiger partial charge < -0.3 is 5.11 Å². The van der Waals surface area contributed by atoms with Gasteiger partial charge in [0.25, 0.3) is 0 Å². The number of hydrogen-bond acceptors (Lipinski definition) is 1. The monoisotopic (exact) mass is 308 g/mol. The van der Waals surface area contributed by atoms with Crippen molar-refractivity contribution in [1.82, 2.24) is 0 Å². The first-order valence-electron chi connectivity index (χ1n) is 9.30. The minimum Gasteiger partial charge on any atom is -0.481 e. The lowest BCUT2D eigenvalue weighted by atomic mass is 10.1. The molecule has 128 valence electrons. The fraction of sp³-hybridized carbons (Fsp3) is 0.750. The maximum Gasteiger partial charge on any atom is 0.303 e. The highest BCUT2D eigenvalue weighted by atomic mass is 16.4. The molecule has 0 heterocycles. The summed E-state index contributed by atoms with van der Waals surface area (Å²) in [6.45, 7) is 2.27. The van der Waals surface area contributed by atoms with Crippen molar-refractivity contribution in [2.75, 3.05) is 0 Å². The summed E-state index contributed by atoms with van der Waals surface area (Å²) in [5.74, 6) is -0.727. The van der Waals surface area contributed by atoms with Gasteiger partial charge in [0.05, 0.1) is 0 Å². The summed E-state index contributed by atoms with van der Waals surface area (Å²) in [6.07, 6.45) is 25.3. The van der Waals surface area contributed by atoms with E-state index in [1.54, 1.807) is 0 Å². The van der Waals surface area contributed by atoms with Crippen molar-refractivity contribution >= 4 is 5.97 Å². The van der Waals surface area contributed by atoms with Crippen molar-refractivity contribution in [3.05, 3.63) is 24.3 Å². The molecule has 0 bridgehead atoms. The second-order valence-electron chi connectivity index (χ2n) is 6.11. The quantitative estimate of drug-likeness (QED) is 0.255. The van der Waals surface area contributed by atoms with Crippen LogP contribution in [0.5, 0.6) is 0 Å². The van der Waals surface area contributed by atoms with E-state index in [0.29, 0.717) is 6.42 Å². The number of rotatable bonds is 16. The Labute approximate surface area is 137 Å². The van der Waals surface area contributed by atoms with Gasteiger partial charge in [-0.25, -0.2) is 0 Å². The molecule has 22 heavy (non-hydrogen) atoms. The normalized spacial score (nSPS) is 11.7. The first-order chi connectivity index (χ1) is 10.8. The number of unbranched alkanes of at least 4 members (excludes halogenated alkanes) is 11. The molecule has 0 amide bonds. The number of carboxylic acids is 1. The van der Waals surface area contributed by atoms with Crippen LogP contribution in [-0.2, 0) is 4.79 Å². The van der Waals surface area contributed by atoms with Crippen LogP contribution < -0.4 is 0 Å². The lowest BCUT2D eigenvalue weighted by Gasteiger charge is -2.01. The third-order valence-corrected chi connectivity index (χ3v) is 3.88. The Balaban J connectivity index is 3.15.